The van der Waals surface area contributed by atoms with E-state index >= 15 is 0 Å². The maximum absolute atomic E-state index is 6.00. The van der Waals surface area contributed by atoms with Gasteiger partial charge in [-0.25, -0.2) is 4.99 Å². The van der Waals surface area contributed by atoms with E-state index in [4.69, 9.17) is 15.2 Å². The number of fused-ring (bicyclic) bond motifs is 1. The van der Waals surface area contributed by atoms with Gasteiger partial charge in [0.25, 0.3) is 0 Å². The van der Waals surface area contributed by atoms with E-state index in [-0.39, 0.29) is 24.0 Å². The molecule has 134 valence electrons. The van der Waals surface area contributed by atoms with Crippen molar-refractivity contribution < 1.29 is 9.47 Å². The molecule has 5 nitrogen and oxygen atoms in total. The molecular formula is C18H21BrIN3O2. The van der Waals surface area contributed by atoms with Crippen molar-refractivity contribution in [3.05, 3.63) is 52.0 Å². The predicted octanol–water partition coefficient (Wildman–Crippen LogP) is 4.46. The Kier molecular flexibility index (Phi) is 7.37. The summed E-state index contributed by atoms with van der Waals surface area (Å²) in [4.78, 5) is 4.41. The number of halogens is 2. The Balaban J connectivity index is 0.00000225. The zero-order valence-corrected chi connectivity index (χ0v) is 17.8. The van der Waals surface area contributed by atoms with Gasteiger partial charge in [-0.3, -0.25) is 0 Å². The lowest BCUT2D eigenvalue weighted by Crippen LogP contribution is -2.22. The van der Waals surface area contributed by atoms with Crippen molar-refractivity contribution in [2.45, 2.75) is 19.9 Å². The average molecular weight is 518 g/mol. The second kappa shape index (κ2) is 9.28. The number of guanidine groups is 1. The molecule has 2 aromatic rings. The third kappa shape index (κ3) is 5.50. The van der Waals surface area contributed by atoms with Crippen LogP contribution in [-0.2, 0) is 6.54 Å². The van der Waals surface area contributed by atoms with E-state index in [2.05, 4.69) is 39.2 Å². The third-order valence-corrected chi connectivity index (χ3v) is 4.24. The van der Waals surface area contributed by atoms with Crippen LogP contribution in [0, 0.1) is 6.92 Å². The van der Waals surface area contributed by atoms with Crippen LogP contribution in [0.3, 0.4) is 0 Å². The Bertz CT molecular complexity index is 768. The van der Waals surface area contributed by atoms with Crippen LogP contribution >= 0.6 is 39.9 Å². The van der Waals surface area contributed by atoms with Gasteiger partial charge in [-0.05, 0) is 42.3 Å². The van der Waals surface area contributed by atoms with E-state index in [0.717, 1.165) is 33.6 Å². The van der Waals surface area contributed by atoms with Gasteiger partial charge in [0.05, 0.1) is 19.8 Å². The smallest absolute Gasteiger partial charge is 0.193 e. The third-order valence-electron chi connectivity index (χ3n) is 3.74. The van der Waals surface area contributed by atoms with Crippen LogP contribution in [-0.4, -0.2) is 19.2 Å². The molecule has 0 atom stereocenters. The molecule has 7 heteroatoms. The molecule has 1 aliphatic heterocycles. The fourth-order valence-electron chi connectivity index (χ4n) is 2.44. The zero-order chi connectivity index (χ0) is 16.9. The number of ether oxygens (including phenoxy) is 2. The highest BCUT2D eigenvalue weighted by molar-refractivity contribution is 14.0. The van der Waals surface area contributed by atoms with Crippen molar-refractivity contribution in [3.63, 3.8) is 0 Å². The van der Waals surface area contributed by atoms with Crippen LogP contribution in [0.4, 0.5) is 5.69 Å². The summed E-state index contributed by atoms with van der Waals surface area (Å²) in [7, 11) is 0. The molecule has 0 saturated heterocycles. The number of hydrogen-bond acceptors (Lipinski definition) is 3. The maximum atomic E-state index is 6.00. The minimum absolute atomic E-state index is 0. The molecule has 0 bridgehead atoms. The lowest BCUT2D eigenvalue weighted by Gasteiger charge is -2.11. The minimum Gasteiger partial charge on any atom is -0.490 e. The molecule has 3 rings (SSSR count). The maximum Gasteiger partial charge on any atom is 0.193 e. The van der Waals surface area contributed by atoms with Crippen molar-refractivity contribution in [2.24, 2.45) is 10.7 Å². The molecule has 1 aliphatic rings. The molecule has 0 saturated carbocycles. The van der Waals surface area contributed by atoms with Gasteiger partial charge in [0.1, 0.15) is 0 Å². The van der Waals surface area contributed by atoms with Crippen molar-refractivity contribution in [2.75, 3.05) is 18.5 Å². The Morgan fingerprint density at radius 2 is 1.92 bits per heavy atom. The molecule has 0 aliphatic carbocycles. The summed E-state index contributed by atoms with van der Waals surface area (Å²) in [6, 6.07) is 11.8. The van der Waals surface area contributed by atoms with Crippen LogP contribution in [0.5, 0.6) is 11.5 Å². The fraction of sp³-hybridized carbons (Fsp3) is 0.278. The van der Waals surface area contributed by atoms with Crippen LogP contribution in [0.1, 0.15) is 17.5 Å². The molecule has 0 amide bonds. The first-order chi connectivity index (χ1) is 11.6. The van der Waals surface area contributed by atoms with Gasteiger partial charge in [-0.15, -0.1) is 24.0 Å². The van der Waals surface area contributed by atoms with Crippen LogP contribution in [0.25, 0.3) is 0 Å². The fourth-order valence-corrected chi connectivity index (χ4v) is 2.91. The Hall–Kier alpha value is -1.48. The number of nitrogens with two attached hydrogens (primary N) is 1. The van der Waals surface area contributed by atoms with Gasteiger partial charge < -0.3 is 20.5 Å². The lowest BCUT2D eigenvalue weighted by atomic mass is 10.1. The highest BCUT2D eigenvalue weighted by atomic mass is 127. The topological polar surface area (TPSA) is 68.9 Å². The quantitative estimate of drug-likeness (QED) is 0.358. The standard InChI is InChI=1S/C18H20BrN3O2.HI/c1-12-9-14(19)4-3-13(12)11-21-18(20)22-15-5-6-16-17(10-15)24-8-2-7-23-16;/h3-6,9-10H,2,7-8,11H2,1H3,(H3,20,21,22);1H. The highest BCUT2D eigenvalue weighted by Gasteiger charge is 2.10. The molecule has 0 unspecified atom stereocenters. The molecule has 2 aromatic carbocycles. The first-order valence-electron chi connectivity index (χ1n) is 7.83. The first-order valence-corrected chi connectivity index (χ1v) is 8.63. The van der Waals surface area contributed by atoms with Gasteiger partial charge in [-0.2, -0.15) is 0 Å². The van der Waals surface area contributed by atoms with E-state index < -0.39 is 0 Å². The molecular weight excluding hydrogens is 497 g/mol. The summed E-state index contributed by atoms with van der Waals surface area (Å²) >= 11 is 3.46. The monoisotopic (exact) mass is 517 g/mol. The SMILES string of the molecule is Cc1cc(Br)ccc1CN=C(N)Nc1ccc2c(c1)OCCCO2.I. The van der Waals surface area contributed by atoms with Crippen molar-refractivity contribution in [3.8, 4) is 11.5 Å². The number of benzene rings is 2. The molecule has 3 N–H and O–H groups in total. The molecule has 0 aromatic heterocycles. The van der Waals surface area contributed by atoms with Crippen LogP contribution < -0.4 is 20.5 Å². The number of nitrogens with zero attached hydrogens (tertiary/aromatic N) is 1. The molecule has 25 heavy (non-hydrogen) atoms. The molecule has 1 heterocycles. The van der Waals surface area contributed by atoms with Crippen molar-refractivity contribution >= 4 is 51.6 Å². The van der Waals surface area contributed by atoms with Crippen molar-refractivity contribution in [1.29, 1.82) is 0 Å². The Labute approximate surface area is 173 Å². The summed E-state index contributed by atoms with van der Waals surface area (Å²) in [5.74, 6) is 1.86. The molecule has 0 fully saturated rings. The summed E-state index contributed by atoms with van der Waals surface area (Å²) in [6.07, 6.45) is 0.883. The zero-order valence-electron chi connectivity index (χ0n) is 13.9. The van der Waals surface area contributed by atoms with E-state index in [0.29, 0.717) is 25.7 Å². The van der Waals surface area contributed by atoms with Gasteiger partial charge in [0.2, 0.25) is 0 Å². The normalized spacial score (nSPS) is 13.6. The minimum atomic E-state index is 0. The number of nitrogens with one attached hydrogen (secondary N) is 1. The summed E-state index contributed by atoms with van der Waals surface area (Å²) in [5, 5.41) is 3.10. The average Bonchev–Trinajstić information content (AvgIpc) is 2.79. The van der Waals surface area contributed by atoms with Gasteiger partial charge in [0, 0.05) is 22.6 Å². The van der Waals surface area contributed by atoms with Gasteiger partial charge in [-0.1, -0.05) is 22.0 Å². The second-order valence-corrected chi connectivity index (χ2v) is 6.52. The Morgan fingerprint density at radius 1 is 1.16 bits per heavy atom. The first kappa shape index (κ1) is 19.8. The number of aliphatic imine (C=N–C) groups is 1. The van der Waals surface area contributed by atoms with E-state index in [1.165, 1.54) is 5.56 Å². The lowest BCUT2D eigenvalue weighted by molar-refractivity contribution is 0.297. The second-order valence-electron chi connectivity index (χ2n) is 5.61. The van der Waals surface area contributed by atoms with Crippen molar-refractivity contribution in [1.82, 2.24) is 0 Å². The number of rotatable bonds is 3. The molecule has 0 radical (unpaired) electrons. The van der Waals surface area contributed by atoms with E-state index in [1.54, 1.807) is 0 Å². The van der Waals surface area contributed by atoms with Gasteiger partial charge in [0.15, 0.2) is 17.5 Å². The van der Waals surface area contributed by atoms with Crippen LogP contribution in [0.2, 0.25) is 0 Å². The van der Waals surface area contributed by atoms with Gasteiger partial charge >= 0.3 is 0 Å². The summed E-state index contributed by atoms with van der Waals surface area (Å²) in [5.41, 5.74) is 9.14. The summed E-state index contributed by atoms with van der Waals surface area (Å²) < 4.78 is 12.4. The van der Waals surface area contributed by atoms with E-state index in [1.807, 2.05) is 30.3 Å². The summed E-state index contributed by atoms with van der Waals surface area (Å²) in [6.45, 7) is 3.92. The predicted molar refractivity (Wildman–Crippen MR) is 115 cm³/mol. The molecule has 0 spiro atoms. The Morgan fingerprint density at radius 3 is 2.68 bits per heavy atom. The highest BCUT2D eigenvalue weighted by Crippen LogP contribution is 2.32. The number of aryl methyl sites for hydroxylation is 1. The van der Waals surface area contributed by atoms with E-state index in [9.17, 15) is 0 Å². The number of hydrogen-bond donors (Lipinski definition) is 2. The largest absolute Gasteiger partial charge is 0.490 e. The number of anilines is 1. The van der Waals surface area contributed by atoms with Crippen LogP contribution in [0.15, 0.2) is 45.9 Å².